The molecule has 0 aliphatic rings. The molecule has 6 aromatic rings. The molecular formula is C29H24FN5OS. The van der Waals surface area contributed by atoms with E-state index in [1.165, 1.54) is 6.07 Å². The molecule has 184 valence electrons. The Morgan fingerprint density at radius 2 is 1.89 bits per heavy atom. The molecular weight excluding hydrogens is 485 g/mol. The minimum atomic E-state index is -0.202. The third kappa shape index (κ3) is 4.51. The van der Waals surface area contributed by atoms with Crippen molar-refractivity contribution in [3.05, 3.63) is 78.2 Å². The van der Waals surface area contributed by atoms with Crippen molar-refractivity contribution in [1.29, 1.82) is 0 Å². The van der Waals surface area contributed by atoms with Crippen LogP contribution in [0.5, 0.6) is 0 Å². The van der Waals surface area contributed by atoms with E-state index in [4.69, 9.17) is 0 Å². The van der Waals surface area contributed by atoms with Crippen LogP contribution in [0, 0.1) is 11.0 Å². The van der Waals surface area contributed by atoms with E-state index >= 15 is 0 Å². The highest BCUT2D eigenvalue weighted by Crippen LogP contribution is 2.37. The van der Waals surface area contributed by atoms with E-state index < -0.39 is 0 Å². The lowest BCUT2D eigenvalue weighted by Gasteiger charge is -2.09. The molecule has 6 rings (SSSR count). The number of amides is 1. The highest BCUT2D eigenvalue weighted by atomic mass is 32.1. The van der Waals surface area contributed by atoms with Gasteiger partial charge in [-0.25, -0.2) is 0 Å². The van der Waals surface area contributed by atoms with E-state index in [2.05, 4.69) is 37.6 Å². The van der Waals surface area contributed by atoms with Crippen LogP contribution in [-0.2, 0) is 4.79 Å². The Morgan fingerprint density at radius 3 is 2.70 bits per heavy atom. The summed E-state index contributed by atoms with van der Waals surface area (Å²) < 4.78 is 13.7. The molecule has 0 atom stereocenters. The van der Waals surface area contributed by atoms with Crippen LogP contribution < -0.4 is 5.32 Å². The predicted molar refractivity (Wildman–Crippen MR) is 148 cm³/mol. The van der Waals surface area contributed by atoms with E-state index in [0.29, 0.717) is 12.1 Å². The molecule has 1 amide bonds. The molecule has 0 bridgehead atoms. The Balaban J connectivity index is 1.38. The second kappa shape index (κ2) is 9.29. The fourth-order valence-corrected chi connectivity index (χ4v) is 5.37. The third-order valence-electron chi connectivity index (χ3n) is 6.27. The van der Waals surface area contributed by atoms with Crippen molar-refractivity contribution in [3.63, 3.8) is 0 Å². The normalized spacial score (nSPS) is 11.6. The van der Waals surface area contributed by atoms with Crippen molar-refractivity contribution in [3.8, 4) is 33.0 Å². The van der Waals surface area contributed by atoms with Gasteiger partial charge in [0, 0.05) is 44.9 Å². The number of nitrogens with zero attached hydrogens (tertiary/aromatic N) is 2. The van der Waals surface area contributed by atoms with Gasteiger partial charge in [-0.3, -0.25) is 14.9 Å². The first-order valence-electron chi connectivity index (χ1n) is 12.1. The summed E-state index contributed by atoms with van der Waals surface area (Å²) in [6.45, 7) is 4.03. The van der Waals surface area contributed by atoms with Crippen LogP contribution in [0.15, 0.2) is 73.1 Å². The molecule has 2 aromatic carbocycles. The van der Waals surface area contributed by atoms with Crippen LogP contribution in [0.1, 0.15) is 20.3 Å². The van der Waals surface area contributed by atoms with Crippen LogP contribution in [0.2, 0.25) is 0 Å². The summed E-state index contributed by atoms with van der Waals surface area (Å²) in [4.78, 5) is 20.9. The standard InChI is InChI=1S/C29H24FN5OS/c1-16(2)10-28(36)32-19-11-18(14-31-15-19)17-6-7-24-22(12-17)29(35-34-24)25-13-21-20(4-3-5-23(21)33-25)26-8-9-27(30)37-26/h3-9,11-16,33H,10H2,1-2H3,(H,32,36)(H,34,35). The molecule has 3 N–H and O–H groups in total. The summed E-state index contributed by atoms with van der Waals surface area (Å²) in [5.74, 6) is 0.259. The van der Waals surface area contributed by atoms with Gasteiger partial charge >= 0.3 is 0 Å². The first-order chi connectivity index (χ1) is 17.9. The quantitative estimate of drug-likeness (QED) is 0.216. The number of H-pyrrole nitrogens is 2. The number of thiophene rings is 1. The zero-order valence-electron chi connectivity index (χ0n) is 20.3. The van der Waals surface area contributed by atoms with Gasteiger partial charge in [0.25, 0.3) is 0 Å². The first-order valence-corrected chi connectivity index (χ1v) is 12.9. The molecule has 0 spiro atoms. The molecule has 8 heteroatoms. The van der Waals surface area contributed by atoms with Gasteiger partial charge in [-0.1, -0.05) is 32.0 Å². The van der Waals surface area contributed by atoms with Gasteiger partial charge in [0.05, 0.1) is 23.1 Å². The SMILES string of the molecule is CC(C)CC(=O)Nc1cncc(-c2ccc3[nH]nc(-c4cc5c(-c6ccc(F)s6)cccc5[nH]4)c3c2)c1. The van der Waals surface area contributed by atoms with Crippen molar-refractivity contribution in [2.24, 2.45) is 5.92 Å². The lowest BCUT2D eigenvalue weighted by molar-refractivity contribution is -0.116. The van der Waals surface area contributed by atoms with Gasteiger partial charge in [0.15, 0.2) is 5.13 Å². The van der Waals surface area contributed by atoms with Crippen molar-refractivity contribution in [2.75, 3.05) is 5.32 Å². The maximum atomic E-state index is 13.7. The average molecular weight is 510 g/mol. The Hall–Kier alpha value is -4.30. The van der Waals surface area contributed by atoms with E-state index in [9.17, 15) is 9.18 Å². The van der Waals surface area contributed by atoms with Crippen molar-refractivity contribution in [2.45, 2.75) is 20.3 Å². The molecule has 4 aromatic heterocycles. The van der Waals surface area contributed by atoms with Crippen molar-refractivity contribution in [1.82, 2.24) is 20.2 Å². The third-order valence-corrected chi connectivity index (χ3v) is 7.18. The van der Waals surface area contributed by atoms with E-state index in [1.54, 1.807) is 12.4 Å². The number of hydrogen-bond donors (Lipinski definition) is 3. The topological polar surface area (TPSA) is 86.5 Å². The lowest BCUT2D eigenvalue weighted by Crippen LogP contribution is -2.13. The highest BCUT2D eigenvalue weighted by Gasteiger charge is 2.15. The van der Waals surface area contributed by atoms with Crippen LogP contribution in [-0.4, -0.2) is 26.1 Å². The maximum Gasteiger partial charge on any atom is 0.224 e. The van der Waals surface area contributed by atoms with Gasteiger partial charge in [-0.05, 0) is 53.9 Å². The van der Waals surface area contributed by atoms with Crippen LogP contribution in [0.4, 0.5) is 10.1 Å². The monoisotopic (exact) mass is 509 g/mol. The fraction of sp³-hybridized carbons (Fsp3) is 0.138. The number of rotatable bonds is 6. The Kier molecular flexibility index (Phi) is 5.81. The van der Waals surface area contributed by atoms with Crippen LogP contribution in [0.3, 0.4) is 0 Å². The van der Waals surface area contributed by atoms with Crippen molar-refractivity contribution < 1.29 is 9.18 Å². The molecule has 6 nitrogen and oxygen atoms in total. The number of benzene rings is 2. The van der Waals surface area contributed by atoms with Crippen LogP contribution in [0.25, 0.3) is 54.8 Å². The fourth-order valence-electron chi connectivity index (χ4n) is 4.60. The number of pyridine rings is 1. The number of anilines is 1. The number of aromatic amines is 2. The second-order valence-electron chi connectivity index (χ2n) is 9.49. The van der Waals surface area contributed by atoms with Crippen LogP contribution >= 0.6 is 11.3 Å². The summed E-state index contributed by atoms with van der Waals surface area (Å²) >= 11 is 1.14. The number of aromatic nitrogens is 4. The summed E-state index contributed by atoms with van der Waals surface area (Å²) in [5.41, 5.74) is 7.06. The zero-order valence-corrected chi connectivity index (χ0v) is 21.1. The van der Waals surface area contributed by atoms with E-state index in [-0.39, 0.29) is 17.0 Å². The summed E-state index contributed by atoms with van der Waals surface area (Å²) in [6.07, 6.45) is 3.90. The molecule has 0 fully saturated rings. The van der Waals surface area contributed by atoms with Gasteiger partial charge in [-0.15, -0.1) is 11.3 Å². The number of carbonyl (C=O) groups excluding carboxylic acids is 1. The average Bonchev–Trinajstić information content (AvgIpc) is 3.60. The number of nitrogens with one attached hydrogen (secondary N) is 3. The minimum absolute atomic E-state index is 0.0232. The van der Waals surface area contributed by atoms with E-state index in [1.807, 2.05) is 56.3 Å². The Labute approximate surface area is 216 Å². The largest absolute Gasteiger partial charge is 0.353 e. The summed E-state index contributed by atoms with van der Waals surface area (Å²) in [5, 5.41) is 12.4. The molecule has 0 aliphatic carbocycles. The van der Waals surface area contributed by atoms with Gasteiger partial charge < -0.3 is 10.3 Å². The van der Waals surface area contributed by atoms with Crippen molar-refractivity contribution >= 4 is 44.7 Å². The maximum absolute atomic E-state index is 13.7. The van der Waals surface area contributed by atoms with Gasteiger partial charge in [0.2, 0.25) is 5.91 Å². The molecule has 0 aliphatic heterocycles. The Bertz CT molecular complexity index is 1760. The number of carbonyl (C=O) groups is 1. The predicted octanol–water partition coefficient (Wildman–Crippen LogP) is 7.63. The summed E-state index contributed by atoms with van der Waals surface area (Å²) in [6, 6.07) is 19.4. The molecule has 0 radical (unpaired) electrons. The van der Waals surface area contributed by atoms with Gasteiger partial charge in [-0.2, -0.15) is 9.49 Å². The smallest absolute Gasteiger partial charge is 0.224 e. The summed E-state index contributed by atoms with van der Waals surface area (Å²) in [7, 11) is 0. The molecule has 37 heavy (non-hydrogen) atoms. The number of halogens is 1. The second-order valence-corrected chi connectivity index (χ2v) is 10.5. The lowest BCUT2D eigenvalue weighted by atomic mass is 10.0. The minimum Gasteiger partial charge on any atom is -0.353 e. The molecule has 0 saturated carbocycles. The molecule has 0 saturated heterocycles. The molecule has 4 heterocycles. The first kappa shape index (κ1) is 23.1. The number of hydrogen-bond acceptors (Lipinski definition) is 4. The Morgan fingerprint density at radius 1 is 1.00 bits per heavy atom. The highest BCUT2D eigenvalue weighted by molar-refractivity contribution is 7.14. The van der Waals surface area contributed by atoms with Gasteiger partial charge in [0.1, 0.15) is 5.69 Å². The van der Waals surface area contributed by atoms with E-state index in [0.717, 1.165) is 66.1 Å². The molecule has 0 unspecified atom stereocenters. The number of fused-ring (bicyclic) bond motifs is 2. The zero-order chi connectivity index (χ0) is 25.5.